The van der Waals surface area contributed by atoms with Crippen LogP contribution in [0.5, 0.6) is 0 Å². The van der Waals surface area contributed by atoms with E-state index in [0.29, 0.717) is 12.1 Å². The molecule has 0 bridgehead atoms. The van der Waals surface area contributed by atoms with Crippen molar-refractivity contribution >= 4 is 5.82 Å². The lowest BCUT2D eigenvalue weighted by Crippen LogP contribution is -2.35. The summed E-state index contributed by atoms with van der Waals surface area (Å²) in [5.41, 5.74) is 1.83. The van der Waals surface area contributed by atoms with E-state index in [9.17, 15) is 0 Å². The van der Waals surface area contributed by atoms with E-state index in [4.69, 9.17) is 4.98 Å². The zero-order valence-electron chi connectivity index (χ0n) is 13.0. The van der Waals surface area contributed by atoms with Gasteiger partial charge in [0.15, 0.2) is 5.82 Å². The van der Waals surface area contributed by atoms with Crippen LogP contribution in [0.15, 0.2) is 30.5 Å². The van der Waals surface area contributed by atoms with Gasteiger partial charge in [-0.25, -0.2) is 9.97 Å². The first kappa shape index (κ1) is 14.0. The lowest BCUT2D eigenvalue weighted by Gasteiger charge is -2.29. The summed E-state index contributed by atoms with van der Waals surface area (Å²) < 4.78 is 0. The number of anilines is 1. The summed E-state index contributed by atoms with van der Waals surface area (Å²) in [5.74, 6) is 1.76. The van der Waals surface area contributed by atoms with Crippen molar-refractivity contribution < 1.29 is 0 Å². The molecule has 1 aliphatic rings. The van der Waals surface area contributed by atoms with Gasteiger partial charge in [-0.3, -0.25) is 4.98 Å². The summed E-state index contributed by atoms with van der Waals surface area (Å²) in [5, 5.41) is 0. The van der Waals surface area contributed by atoms with E-state index in [1.807, 2.05) is 25.1 Å². The molecule has 0 saturated carbocycles. The lowest BCUT2D eigenvalue weighted by atomic mass is 10.1. The number of aromatic nitrogens is 3. The molecule has 0 aliphatic carbocycles. The number of rotatable bonds is 3. The molecule has 4 heteroatoms. The summed E-state index contributed by atoms with van der Waals surface area (Å²) in [6, 6.07) is 9.07. The van der Waals surface area contributed by atoms with Gasteiger partial charge >= 0.3 is 0 Å². The van der Waals surface area contributed by atoms with E-state index in [0.717, 1.165) is 29.5 Å². The standard InChI is InChI=1S/C17H22N4/c1-4-14-9-8-13(3)21(14)16-11-12(2)19-17(20-16)15-7-5-6-10-18-15/h5-7,10-11,13-14H,4,8-9H2,1-3H3/t13-,14+/m1/s1. The molecule has 1 aliphatic heterocycles. The van der Waals surface area contributed by atoms with Crippen LogP contribution in [0, 0.1) is 6.92 Å². The summed E-state index contributed by atoms with van der Waals surface area (Å²) in [7, 11) is 0. The largest absolute Gasteiger partial charge is 0.351 e. The Morgan fingerprint density at radius 2 is 2.10 bits per heavy atom. The van der Waals surface area contributed by atoms with E-state index in [-0.39, 0.29) is 0 Å². The minimum absolute atomic E-state index is 0.542. The molecule has 4 nitrogen and oxygen atoms in total. The minimum Gasteiger partial charge on any atom is -0.351 e. The molecular formula is C17H22N4. The summed E-state index contributed by atoms with van der Waals surface area (Å²) in [6.45, 7) is 6.57. The van der Waals surface area contributed by atoms with Crippen LogP contribution in [0.25, 0.3) is 11.5 Å². The van der Waals surface area contributed by atoms with E-state index in [1.54, 1.807) is 6.20 Å². The Labute approximate surface area is 126 Å². The SMILES string of the molecule is CC[C@H]1CC[C@@H](C)N1c1cc(C)nc(-c2ccccn2)n1. The third-order valence-electron chi connectivity index (χ3n) is 4.26. The quantitative estimate of drug-likeness (QED) is 0.862. The predicted octanol–water partition coefficient (Wildman–Crippen LogP) is 3.61. The van der Waals surface area contributed by atoms with Crippen molar-refractivity contribution in [3.05, 3.63) is 36.2 Å². The van der Waals surface area contributed by atoms with Gasteiger partial charge in [0.2, 0.25) is 0 Å². The highest BCUT2D eigenvalue weighted by Gasteiger charge is 2.30. The van der Waals surface area contributed by atoms with E-state index in [1.165, 1.54) is 12.8 Å². The van der Waals surface area contributed by atoms with Crippen LogP contribution in [0.3, 0.4) is 0 Å². The van der Waals surface area contributed by atoms with Gasteiger partial charge in [0.05, 0.1) is 0 Å². The van der Waals surface area contributed by atoms with Crippen molar-refractivity contribution in [2.45, 2.75) is 52.1 Å². The van der Waals surface area contributed by atoms with Crippen molar-refractivity contribution in [3.8, 4) is 11.5 Å². The fourth-order valence-electron chi connectivity index (χ4n) is 3.18. The number of pyridine rings is 1. The first-order valence-electron chi connectivity index (χ1n) is 7.74. The molecule has 0 aromatic carbocycles. The van der Waals surface area contributed by atoms with Crippen molar-refractivity contribution in [3.63, 3.8) is 0 Å². The fraction of sp³-hybridized carbons (Fsp3) is 0.471. The zero-order chi connectivity index (χ0) is 14.8. The highest BCUT2D eigenvalue weighted by Crippen LogP contribution is 2.31. The molecule has 3 rings (SSSR count). The average molecular weight is 282 g/mol. The highest BCUT2D eigenvalue weighted by molar-refractivity contribution is 5.54. The Kier molecular flexibility index (Phi) is 3.86. The molecule has 0 spiro atoms. The maximum Gasteiger partial charge on any atom is 0.180 e. The monoisotopic (exact) mass is 282 g/mol. The van der Waals surface area contributed by atoms with Gasteiger partial charge in [0.1, 0.15) is 11.5 Å². The molecule has 0 radical (unpaired) electrons. The molecule has 1 saturated heterocycles. The van der Waals surface area contributed by atoms with Gasteiger partial charge in [0.25, 0.3) is 0 Å². The Morgan fingerprint density at radius 1 is 1.24 bits per heavy atom. The third-order valence-corrected chi connectivity index (χ3v) is 4.26. The first-order chi connectivity index (χ1) is 10.2. The average Bonchev–Trinajstić information content (AvgIpc) is 2.88. The maximum atomic E-state index is 4.79. The second kappa shape index (κ2) is 5.80. The first-order valence-corrected chi connectivity index (χ1v) is 7.74. The molecule has 0 N–H and O–H groups in total. The Bertz CT molecular complexity index is 611. The molecule has 2 atom stereocenters. The number of hydrogen-bond acceptors (Lipinski definition) is 4. The lowest BCUT2D eigenvalue weighted by molar-refractivity contribution is 0.620. The molecule has 2 aromatic heterocycles. The van der Waals surface area contributed by atoms with E-state index in [2.05, 4.69) is 34.8 Å². The smallest absolute Gasteiger partial charge is 0.180 e. The Morgan fingerprint density at radius 3 is 2.81 bits per heavy atom. The summed E-state index contributed by atoms with van der Waals surface area (Å²) >= 11 is 0. The van der Waals surface area contributed by atoms with E-state index < -0.39 is 0 Å². The summed E-state index contributed by atoms with van der Waals surface area (Å²) in [4.78, 5) is 16.2. The topological polar surface area (TPSA) is 41.9 Å². The van der Waals surface area contributed by atoms with Gasteiger partial charge in [-0.15, -0.1) is 0 Å². The second-order valence-electron chi connectivity index (χ2n) is 5.80. The number of hydrogen-bond donors (Lipinski definition) is 0. The normalized spacial score (nSPS) is 21.8. The molecule has 0 amide bonds. The van der Waals surface area contributed by atoms with Crippen molar-refractivity contribution in [1.82, 2.24) is 15.0 Å². The fourth-order valence-corrected chi connectivity index (χ4v) is 3.18. The van der Waals surface area contributed by atoms with Crippen LogP contribution in [-0.2, 0) is 0 Å². The van der Waals surface area contributed by atoms with Crippen molar-refractivity contribution in [2.24, 2.45) is 0 Å². The van der Waals surface area contributed by atoms with Crippen LogP contribution in [-0.4, -0.2) is 27.0 Å². The molecule has 2 aromatic rings. The van der Waals surface area contributed by atoms with Gasteiger partial charge in [-0.2, -0.15) is 0 Å². The van der Waals surface area contributed by atoms with Crippen molar-refractivity contribution in [1.29, 1.82) is 0 Å². The third kappa shape index (κ3) is 2.75. The molecular weight excluding hydrogens is 260 g/mol. The van der Waals surface area contributed by atoms with Gasteiger partial charge in [-0.1, -0.05) is 13.0 Å². The molecule has 1 fully saturated rings. The van der Waals surface area contributed by atoms with Crippen molar-refractivity contribution in [2.75, 3.05) is 4.90 Å². The maximum absolute atomic E-state index is 4.79. The zero-order valence-corrected chi connectivity index (χ0v) is 13.0. The van der Waals surface area contributed by atoms with Gasteiger partial charge in [0, 0.05) is 30.0 Å². The van der Waals surface area contributed by atoms with Crippen LogP contribution < -0.4 is 4.90 Å². The summed E-state index contributed by atoms with van der Waals surface area (Å²) in [6.07, 6.45) is 5.43. The molecule has 110 valence electrons. The second-order valence-corrected chi connectivity index (χ2v) is 5.80. The van der Waals surface area contributed by atoms with E-state index >= 15 is 0 Å². The number of nitrogens with zero attached hydrogens (tertiary/aromatic N) is 4. The minimum atomic E-state index is 0.542. The van der Waals surface area contributed by atoms with Crippen LogP contribution >= 0.6 is 0 Å². The predicted molar refractivity (Wildman–Crippen MR) is 85.3 cm³/mol. The van der Waals surface area contributed by atoms with Crippen LogP contribution in [0.2, 0.25) is 0 Å². The molecule has 21 heavy (non-hydrogen) atoms. The van der Waals surface area contributed by atoms with Gasteiger partial charge in [-0.05, 0) is 45.2 Å². The molecule has 0 unspecified atom stereocenters. The van der Waals surface area contributed by atoms with Gasteiger partial charge < -0.3 is 4.90 Å². The Balaban J connectivity index is 2.02. The van der Waals surface area contributed by atoms with Crippen LogP contribution in [0.4, 0.5) is 5.82 Å². The molecule has 3 heterocycles. The number of aryl methyl sites for hydroxylation is 1. The van der Waals surface area contributed by atoms with Crippen LogP contribution in [0.1, 0.15) is 38.8 Å². The highest BCUT2D eigenvalue weighted by atomic mass is 15.3. The Hall–Kier alpha value is -1.97.